The van der Waals surface area contributed by atoms with Crippen LogP contribution in [-0.4, -0.2) is 36.5 Å². The molecule has 0 aromatic heterocycles. The largest absolute Gasteiger partial charge is 0.480 e. The number of amides is 1. The second kappa shape index (κ2) is 6.06. The molecule has 1 aliphatic rings. The third-order valence-corrected chi connectivity index (χ3v) is 3.63. The molecule has 0 radical (unpaired) electrons. The third kappa shape index (κ3) is 3.26. The molecule has 0 aliphatic carbocycles. The number of rotatable bonds is 5. The second-order valence-corrected chi connectivity index (χ2v) is 5.14. The van der Waals surface area contributed by atoms with Gasteiger partial charge in [0.1, 0.15) is 5.75 Å². The molecule has 2 rings (SSSR count). The second-order valence-electron chi connectivity index (χ2n) is 5.14. The molecule has 1 aromatic carbocycles. The molecule has 2 N–H and O–H groups in total. The fourth-order valence-electron chi connectivity index (χ4n) is 2.27. The SMILES string of the molecule is CCC(N)Cc1ccccc1OC1CCN(C)C1=O. The van der Waals surface area contributed by atoms with Crippen LogP contribution in [-0.2, 0) is 11.2 Å². The summed E-state index contributed by atoms with van der Waals surface area (Å²) in [5.41, 5.74) is 7.08. The minimum absolute atomic E-state index is 0.0644. The Balaban J connectivity index is 2.09. The van der Waals surface area contributed by atoms with Crippen LogP contribution in [0.5, 0.6) is 5.75 Å². The molecule has 0 spiro atoms. The van der Waals surface area contributed by atoms with E-state index in [2.05, 4.69) is 6.92 Å². The van der Waals surface area contributed by atoms with Gasteiger partial charge >= 0.3 is 0 Å². The van der Waals surface area contributed by atoms with Crippen molar-refractivity contribution in [3.8, 4) is 5.75 Å². The van der Waals surface area contributed by atoms with E-state index in [1.165, 1.54) is 0 Å². The lowest BCUT2D eigenvalue weighted by molar-refractivity contribution is -0.132. The number of likely N-dealkylation sites (tertiary alicyclic amines) is 1. The first-order valence-corrected chi connectivity index (χ1v) is 6.87. The average Bonchev–Trinajstić information content (AvgIpc) is 2.73. The Morgan fingerprint density at radius 1 is 1.47 bits per heavy atom. The van der Waals surface area contributed by atoms with Crippen molar-refractivity contribution in [3.05, 3.63) is 29.8 Å². The summed E-state index contributed by atoms with van der Waals surface area (Å²) in [6.07, 6.45) is 2.12. The third-order valence-electron chi connectivity index (χ3n) is 3.63. The number of nitrogens with two attached hydrogens (primary N) is 1. The quantitative estimate of drug-likeness (QED) is 0.876. The summed E-state index contributed by atoms with van der Waals surface area (Å²) in [5.74, 6) is 0.856. The van der Waals surface area contributed by atoms with Crippen molar-refractivity contribution in [1.82, 2.24) is 4.90 Å². The number of ether oxygens (including phenoxy) is 1. The highest BCUT2D eigenvalue weighted by Crippen LogP contribution is 2.24. The van der Waals surface area contributed by atoms with E-state index < -0.39 is 0 Å². The summed E-state index contributed by atoms with van der Waals surface area (Å²) >= 11 is 0. The number of nitrogens with zero attached hydrogens (tertiary/aromatic N) is 1. The van der Waals surface area contributed by atoms with Crippen LogP contribution < -0.4 is 10.5 Å². The highest BCUT2D eigenvalue weighted by Gasteiger charge is 2.31. The smallest absolute Gasteiger partial charge is 0.263 e. The summed E-state index contributed by atoms with van der Waals surface area (Å²) in [5, 5.41) is 0. The summed E-state index contributed by atoms with van der Waals surface area (Å²) in [4.78, 5) is 13.6. The van der Waals surface area contributed by atoms with Gasteiger partial charge in [0.05, 0.1) is 0 Å². The van der Waals surface area contributed by atoms with Crippen molar-refractivity contribution >= 4 is 5.91 Å². The Bertz CT molecular complexity index is 448. The molecule has 0 saturated carbocycles. The predicted molar refractivity (Wildman–Crippen MR) is 75.1 cm³/mol. The van der Waals surface area contributed by atoms with E-state index in [1.54, 1.807) is 4.90 Å². The topological polar surface area (TPSA) is 55.6 Å². The lowest BCUT2D eigenvalue weighted by Crippen LogP contribution is -2.30. The Kier molecular flexibility index (Phi) is 4.43. The van der Waals surface area contributed by atoms with E-state index in [1.807, 2.05) is 31.3 Å². The fourth-order valence-corrected chi connectivity index (χ4v) is 2.27. The number of hydrogen-bond acceptors (Lipinski definition) is 3. The van der Waals surface area contributed by atoms with Crippen LogP contribution >= 0.6 is 0 Å². The molecule has 4 heteroatoms. The molecule has 19 heavy (non-hydrogen) atoms. The lowest BCUT2D eigenvalue weighted by Gasteiger charge is -2.17. The van der Waals surface area contributed by atoms with Crippen molar-refractivity contribution in [2.24, 2.45) is 5.73 Å². The van der Waals surface area contributed by atoms with Gasteiger partial charge in [0.25, 0.3) is 5.91 Å². The zero-order valence-corrected chi connectivity index (χ0v) is 11.6. The van der Waals surface area contributed by atoms with Gasteiger partial charge in [-0.1, -0.05) is 25.1 Å². The predicted octanol–water partition coefficient (Wildman–Crippen LogP) is 1.58. The number of likely N-dealkylation sites (N-methyl/N-ethyl adjacent to an activating group) is 1. The number of benzene rings is 1. The summed E-state index contributed by atoms with van der Waals surface area (Å²) < 4.78 is 5.89. The molecule has 1 saturated heterocycles. The van der Waals surface area contributed by atoms with E-state index in [0.29, 0.717) is 0 Å². The first-order valence-electron chi connectivity index (χ1n) is 6.87. The monoisotopic (exact) mass is 262 g/mol. The maximum Gasteiger partial charge on any atom is 0.263 e. The Labute approximate surface area is 114 Å². The number of hydrogen-bond donors (Lipinski definition) is 1. The van der Waals surface area contributed by atoms with Crippen LogP contribution in [0.1, 0.15) is 25.3 Å². The van der Waals surface area contributed by atoms with Crippen molar-refractivity contribution in [1.29, 1.82) is 0 Å². The van der Waals surface area contributed by atoms with Gasteiger partial charge < -0.3 is 15.4 Å². The molecule has 2 unspecified atom stereocenters. The lowest BCUT2D eigenvalue weighted by atomic mass is 10.0. The van der Waals surface area contributed by atoms with E-state index in [-0.39, 0.29) is 18.1 Å². The fraction of sp³-hybridized carbons (Fsp3) is 0.533. The molecule has 4 nitrogen and oxygen atoms in total. The minimum atomic E-state index is -0.344. The van der Waals surface area contributed by atoms with Gasteiger partial charge in [-0.3, -0.25) is 4.79 Å². The van der Waals surface area contributed by atoms with E-state index in [4.69, 9.17) is 10.5 Å². The molecule has 1 aromatic rings. The molecule has 104 valence electrons. The van der Waals surface area contributed by atoms with Crippen LogP contribution in [0, 0.1) is 0 Å². The van der Waals surface area contributed by atoms with Crippen molar-refractivity contribution in [2.45, 2.75) is 38.3 Å². The van der Waals surface area contributed by atoms with Gasteiger partial charge in [-0.05, 0) is 24.5 Å². The Morgan fingerprint density at radius 3 is 2.84 bits per heavy atom. The molecule has 1 amide bonds. The van der Waals surface area contributed by atoms with Gasteiger partial charge in [0.15, 0.2) is 6.10 Å². The van der Waals surface area contributed by atoms with Crippen LogP contribution in [0.25, 0.3) is 0 Å². The van der Waals surface area contributed by atoms with Crippen LogP contribution in [0.15, 0.2) is 24.3 Å². The number of carbonyl (C=O) groups is 1. The summed E-state index contributed by atoms with van der Waals surface area (Å²) in [6, 6.07) is 7.98. The molecule has 1 fully saturated rings. The Morgan fingerprint density at radius 2 is 2.21 bits per heavy atom. The molecular weight excluding hydrogens is 240 g/mol. The zero-order valence-electron chi connectivity index (χ0n) is 11.6. The zero-order chi connectivity index (χ0) is 13.8. The molecule has 1 heterocycles. The molecule has 0 bridgehead atoms. The maximum absolute atomic E-state index is 11.9. The van der Waals surface area contributed by atoms with Gasteiger partial charge in [0.2, 0.25) is 0 Å². The van der Waals surface area contributed by atoms with Gasteiger partial charge in [0, 0.05) is 26.1 Å². The minimum Gasteiger partial charge on any atom is -0.480 e. The van der Waals surface area contributed by atoms with Crippen LogP contribution in [0.3, 0.4) is 0 Å². The molecular formula is C15H22N2O2. The van der Waals surface area contributed by atoms with E-state index >= 15 is 0 Å². The molecule has 1 aliphatic heterocycles. The van der Waals surface area contributed by atoms with Gasteiger partial charge in [-0.15, -0.1) is 0 Å². The van der Waals surface area contributed by atoms with Crippen LogP contribution in [0.2, 0.25) is 0 Å². The van der Waals surface area contributed by atoms with Gasteiger partial charge in [-0.2, -0.15) is 0 Å². The van der Waals surface area contributed by atoms with Crippen LogP contribution in [0.4, 0.5) is 0 Å². The Hall–Kier alpha value is -1.55. The molecule has 2 atom stereocenters. The highest BCUT2D eigenvalue weighted by molar-refractivity contribution is 5.83. The summed E-state index contributed by atoms with van der Waals surface area (Å²) in [7, 11) is 1.81. The van der Waals surface area contributed by atoms with Crippen molar-refractivity contribution in [2.75, 3.05) is 13.6 Å². The number of carbonyl (C=O) groups excluding carboxylic acids is 1. The standard InChI is InChI=1S/C15H22N2O2/c1-3-12(16)10-11-6-4-5-7-13(11)19-14-8-9-17(2)15(14)18/h4-7,12,14H,3,8-10,16H2,1-2H3. The highest BCUT2D eigenvalue weighted by atomic mass is 16.5. The van der Waals surface area contributed by atoms with E-state index in [9.17, 15) is 4.79 Å². The summed E-state index contributed by atoms with van der Waals surface area (Å²) in [6.45, 7) is 2.84. The number of para-hydroxylation sites is 1. The van der Waals surface area contributed by atoms with Gasteiger partial charge in [-0.25, -0.2) is 0 Å². The normalized spacial score (nSPS) is 20.7. The maximum atomic E-state index is 11.9. The average molecular weight is 262 g/mol. The first-order chi connectivity index (χ1) is 9.11. The van der Waals surface area contributed by atoms with Crippen molar-refractivity contribution < 1.29 is 9.53 Å². The first kappa shape index (κ1) is 13.9. The van der Waals surface area contributed by atoms with Crippen molar-refractivity contribution in [3.63, 3.8) is 0 Å². The van der Waals surface area contributed by atoms with E-state index in [0.717, 1.165) is 37.1 Å².